The number of carbonyl (C=O) groups is 1. The summed E-state index contributed by atoms with van der Waals surface area (Å²) in [7, 11) is 0. The fraction of sp³-hybridized carbons (Fsp3) is 0.562. The quantitative estimate of drug-likeness (QED) is 0.388. The maximum Gasteiger partial charge on any atom is 0.251 e. The van der Waals surface area contributed by atoms with Crippen molar-refractivity contribution in [2.75, 3.05) is 12.0 Å². The number of nitrogens with one attached hydrogen (secondary N) is 2. The molecule has 20 heavy (non-hydrogen) atoms. The van der Waals surface area contributed by atoms with Gasteiger partial charge in [-0.05, 0) is 36.1 Å². The monoisotopic (exact) mass is 277 g/mol. The number of unbranched alkanes of at least 4 members (excludes halogenated alkanes) is 2. The predicted octanol–water partition coefficient (Wildman–Crippen LogP) is 3.31. The van der Waals surface area contributed by atoms with E-state index >= 15 is 0 Å². The molecule has 0 heterocycles. The number of carbonyl (C=O) groups excluding carboxylic acids is 1. The highest BCUT2D eigenvalue weighted by molar-refractivity contribution is 5.94. The lowest BCUT2D eigenvalue weighted by Crippen LogP contribution is -2.34. The van der Waals surface area contributed by atoms with E-state index in [1.54, 1.807) is 24.3 Å². The van der Waals surface area contributed by atoms with E-state index in [4.69, 9.17) is 5.84 Å². The summed E-state index contributed by atoms with van der Waals surface area (Å²) in [6.45, 7) is 7.30. The third-order valence-corrected chi connectivity index (χ3v) is 3.50. The van der Waals surface area contributed by atoms with Crippen molar-refractivity contribution in [3.05, 3.63) is 29.8 Å². The molecule has 4 heteroatoms. The number of amides is 1. The fourth-order valence-electron chi connectivity index (χ4n) is 2.08. The third kappa shape index (κ3) is 5.61. The molecule has 1 amide bonds. The Morgan fingerprint density at radius 2 is 1.85 bits per heavy atom. The molecule has 1 aromatic carbocycles. The summed E-state index contributed by atoms with van der Waals surface area (Å²) < 4.78 is 0. The lowest BCUT2D eigenvalue weighted by atomic mass is 9.87. The minimum atomic E-state index is -0.0304. The van der Waals surface area contributed by atoms with Gasteiger partial charge in [0.15, 0.2) is 0 Å². The van der Waals surface area contributed by atoms with E-state index < -0.39 is 0 Å². The van der Waals surface area contributed by atoms with E-state index in [1.807, 2.05) is 0 Å². The SMILES string of the molecule is CCCCCC(C)(C)CNC(=O)c1ccc(NN)cc1. The Morgan fingerprint density at radius 3 is 2.40 bits per heavy atom. The first-order valence-corrected chi connectivity index (χ1v) is 7.33. The molecule has 0 bridgehead atoms. The molecular weight excluding hydrogens is 250 g/mol. The lowest BCUT2D eigenvalue weighted by molar-refractivity contribution is 0.0934. The molecule has 0 aliphatic rings. The van der Waals surface area contributed by atoms with Crippen LogP contribution in [0.25, 0.3) is 0 Å². The van der Waals surface area contributed by atoms with Crippen molar-refractivity contribution >= 4 is 11.6 Å². The van der Waals surface area contributed by atoms with Gasteiger partial charge >= 0.3 is 0 Å². The minimum absolute atomic E-state index is 0.0304. The first-order chi connectivity index (χ1) is 9.48. The number of rotatable bonds is 8. The highest BCUT2D eigenvalue weighted by Gasteiger charge is 2.18. The lowest BCUT2D eigenvalue weighted by Gasteiger charge is -2.25. The van der Waals surface area contributed by atoms with Gasteiger partial charge < -0.3 is 10.7 Å². The zero-order chi connectivity index (χ0) is 15.0. The van der Waals surface area contributed by atoms with Crippen LogP contribution in [0.2, 0.25) is 0 Å². The number of benzene rings is 1. The van der Waals surface area contributed by atoms with Crippen LogP contribution in [-0.2, 0) is 0 Å². The summed E-state index contributed by atoms with van der Waals surface area (Å²) >= 11 is 0. The number of hydrogen-bond donors (Lipinski definition) is 3. The van der Waals surface area contributed by atoms with Gasteiger partial charge in [0.25, 0.3) is 5.91 Å². The third-order valence-electron chi connectivity index (χ3n) is 3.50. The highest BCUT2D eigenvalue weighted by atomic mass is 16.1. The minimum Gasteiger partial charge on any atom is -0.352 e. The van der Waals surface area contributed by atoms with Crippen molar-refractivity contribution in [3.8, 4) is 0 Å². The van der Waals surface area contributed by atoms with Crippen LogP contribution >= 0.6 is 0 Å². The van der Waals surface area contributed by atoms with Gasteiger partial charge in [-0.25, -0.2) is 0 Å². The average Bonchev–Trinajstić information content (AvgIpc) is 2.45. The molecule has 0 aliphatic carbocycles. The molecule has 0 fully saturated rings. The Kier molecular flexibility index (Phi) is 6.52. The van der Waals surface area contributed by atoms with Crippen LogP contribution < -0.4 is 16.6 Å². The predicted molar refractivity (Wildman–Crippen MR) is 84.5 cm³/mol. The molecular formula is C16H27N3O. The summed E-state index contributed by atoms with van der Waals surface area (Å²) in [5.41, 5.74) is 4.14. The summed E-state index contributed by atoms with van der Waals surface area (Å²) in [6, 6.07) is 7.13. The zero-order valence-corrected chi connectivity index (χ0v) is 12.8. The Morgan fingerprint density at radius 1 is 1.20 bits per heavy atom. The molecule has 0 atom stereocenters. The average molecular weight is 277 g/mol. The van der Waals surface area contributed by atoms with Crippen LogP contribution in [0.4, 0.5) is 5.69 Å². The van der Waals surface area contributed by atoms with Crippen molar-refractivity contribution in [3.63, 3.8) is 0 Å². The van der Waals surface area contributed by atoms with Crippen LogP contribution in [0.3, 0.4) is 0 Å². The van der Waals surface area contributed by atoms with Gasteiger partial charge in [0.1, 0.15) is 0 Å². The molecule has 4 nitrogen and oxygen atoms in total. The number of nitrogen functional groups attached to an aromatic ring is 1. The van der Waals surface area contributed by atoms with Crippen LogP contribution in [0.5, 0.6) is 0 Å². The maximum absolute atomic E-state index is 12.1. The maximum atomic E-state index is 12.1. The van der Waals surface area contributed by atoms with Gasteiger partial charge in [-0.3, -0.25) is 10.6 Å². The van der Waals surface area contributed by atoms with Gasteiger partial charge in [0.05, 0.1) is 0 Å². The zero-order valence-electron chi connectivity index (χ0n) is 12.8. The second-order valence-electron chi connectivity index (χ2n) is 6.03. The van der Waals surface area contributed by atoms with Crippen molar-refractivity contribution in [1.82, 2.24) is 5.32 Å². The summed E-state index contributed by atoms with van der Waals surface area (Å²) in [5, 5.41) is 3.01. The van der Waals surface area contributed by atoms with Crippen LogP contribution in [0.15, 0.2) is 24.3 Å². The number of anilines is 1. The number of hydrazine groups is 1. The van der Waals surface area contributed by atoms with Crippen LogP contribution in [0.1, 0.15) is 56.8 Å². The molecule has 0 saturated carbocycles. The molecule has 0 aliphatic heterocycles. The first kappa shape index (κ1) is 16.5. The van der Waals surface area contributed by atoms with Gasteiger partial charge in [-0.1, -0.05) is 40.0 Å². The van der Waals surface area contributed by atoms with E-state index in [0.717, 1.165) is 12.1 Å². The van der Waals surface area contributed by atoms with E-state index in [2.05, 4.69) is 31.5 Å². The first-order valence-electron chi connectivity index (χ1n) is 7.33. The molecule has 0 unspecified atom stereocenters. The van der Waals surface area contributed by atoms with E-state index in [0.29, 0.717) is 12.1 Å². The Hall–Kier alpha value is -1.55. The largest absolute Gasteiger partial charge is 0.352 e. The van der Waals surface area contributed by atoms with Gasteiger partial charge in [-0.2, -0.15) is 0 Å². The fourth-order valence-corrected chi connectivity index (χ4v) is 2.08. The Balaban J connectivity index is 2.45. The van der Waals surface area contributed by atoms with Gasteiger partial charge in [-0.15, -0.1) is 0 Å². The van der Waals surface area contributed by atoms with Gasteiger partial charge in [0, 0.05) is 17.8 Å². The highest BCUT2D eigenvalue weighted by Crippen LogP contribution is 2.22. The molecule has 0 aromatic heterocycles. The molecule has 1 aromatic rings. The van der Waals surface area contributed by atoms with Crippen molar-refractivity contribution in [2.24, 2.45) is 11.3 Å². The van der Waals surface area contributed by atoms with E-state index in [-0.39, 0.29) is 11.3 Å². The molecule has 4 N–H and O–H groups in total. The van der Waals surface area contributed by atoms with E-state index in [1.165, 1.54) is 19.3 Å². The standard InChI is InChI=1S/C16H27N3O/c1-4-5-6-11-16(2,3)12-18-15(20)13-7-9-14(19-17)10-8-13/h7-10,19H,4-6,11-12,17H2,1-3H3,(H,18,20). The smallest absolute Gasteiger partial charge is 0.251 e. The summed E-state index contributed by atoms with van der Waals surface area (Å²) in [4.78, 5) is 12.1. The second-order valence-corrected chi connectivity index (χ2v) is 6.03. The van der Waals surface area contributed by atoms with Crippen molar-refractivity contribution in [1.29, 1.82) is 0 Å². The second kappa shape index (κ2) is 7.90. The molecule has 0 spiro atoms. The van der Waals surface area contributed by atoms with Crippen molar-refractivity contribution < 1.29 is 4.79 Å². The molecule has 0 saturated heterocycles. The number of hydrogen-bond acceptors (Lipinski definition) is 3. The Labute approximate surface area is 122 Å². The van der Waals surface area contributed by atoms with Crippen molar-refractivity contribution in [2.45, 2.75) is 46.5 Å². The molecule has 0 radical (unpaired) electrons. The normalized spacial score (nSPS) is 11.2. The van der Waals surface area contributed by atoms with Crippen LogP contribution in [-0.4, -0.2) is 12.5 Å². The van der Waals surface area contributed by atoms with Gasteiger partial charge in [0.2, 0.25) is 0 Å². The summed E-state index contributed by atoms with van der Waals surface area (Å²) in [6.07, 6.45) is 4.84. The molecule has 112 valence electrons. The molecule has 1 rings (SSSR count). The summed E-state index contributed by atoms with van der Waals surface area (Å²) in [5.74, 6) is 5.27. The number of nitrogens with two attached hydrogens (primary N) is 1. The topological polar surface area (TPSA) is 67.2 Å². The van der Waals surface area contributed by atoms with Crippen LogP contribution in [0, 0.1) is 5.41 Å². The Bertz CT molecular complexity index is 412. The van der Waals surface area contributed by atoms with E-state index in [9.17, 15) is 4.79 Å².